The second-order valence-corrected chi connectivity index (χ2v) is 4.60. The Hall–Kier alpha value is -2.41. The third kappa shape index (κ3) is 6.05. The van der Waals surface area contributed by atoms with Crippen LogP contribution >= 0.6 is 0 Å². The molecule has 0 bridgehead atoms. The molecule has 0 aliphatic rings. The summed E-state index contributed by atoms with van der Waals surface area (Å²) in [6.07, 6.45) is 0.288. The molecule has 0 aliphatic carbocycles. The maximum Gasteiger partial charge on any atom is 0.322 e. The molecule has 1 aromatic rings. The second kappa shape index (κ2) is 8.01. The van der Waals surface area contributed by atoms with Gasteiger partial charge in [-0.1, -0.05) is 30.3 Å². The minimum Gasteiger partial charge on any atom is -0.480 e. The van der Waals surface area contributed by atoms with E-state index in [9.17, 15) is 19.6 Å². The van der Waals surface area contributed by atoms with E-state index >= 15 is 0 Å². The smallest absolute Gasteiger partial charge is 0.322 e. The fourth-order valence-corrected chi connectivity index (χ4v) is 1.78. The van der Waals surface area contributed by atoms with Crippen LogP contribution in [0.15, 0.2) is 30.3 Å². The number of aliphatic carboxylic acids is 1. The minimum absolute atomic E-state index is 0.199. The van der Waals surface area contributed by atoms with Crippen molar-refractivity contribution in [2.24, 2.45) is 5.92 Å². The van der Waals surface area contributed by atoms with Crippen molar-refractivity contribution < 1.29 is 24.7 Å². The van der Waals surface area contributed by atoms with Crippen LogP contribution in [-0.4, -0.2) is 46.3 Å². The molecule has 7 nitrogen and oxygen atoms in total. The zero-order chi connectivity index (χ0) is 15.8. The molecule has 0 radical (unpaired) electrons. The lowest BCUT2D eigenvalue weighted by molar-refractivity contribution is -0.166. The van der Waals surface area contributed by atoms with Crippen LogP contribution in [0.25, 0.3) is 0 Å². The normalized spacial score (nSPS) is 11.5. The highest BCUT2D eigenvalue weighted by atomic mass is 16.5. The highest BCUT2D eigenvalue weighted by Gasteiger charge is 2.23. The summed E-state index contributed by atoms with van der Waals surface area (Å²) in [7, 11) is 0. The van der Waals surface area contributed by atoms with Gasteiger partial charge in [-0.25, -0.2) is 5.06 Å². The van der Waals surface area contributed by atoms with Crippen LogP contribution in [0.3, 0.4) is 0 Å². The Labute approximate surface area is 122 Å². The summed E-state index contributed by atoms with van der Waals surface area (Å²) in [5.74, 6) is -3.00. The van der Waals surface area contributed by atoms with Gasteiger partial charge in [0.05, 0.1) is 12.5 Å². The van der Waals surface area contributed by atoms with Gasteiger partial charge in [0.15, 0.2) is 0 Å². The third-order valence-corrected chi connectivity index (χ3v) is 2.87. The number of carboxylic acids is 1. The van der Waals surface area contributed by atoms with Crippen molar-refractivity contribution >= 4 is 17.8 Å². The number of hydroxylamine groups is 2. The lowest BCUT2D eigenvalue weighted by Crippen LogP contribution is -2.42. The number of nitrogens with zero attached hydrogens (tertiary/aromatic N) is 1. The Morgan fingerprint density at radius 3 is 2.38 bits per heavy atom. The molecule has 7 heteroatoms. The van der Waals surface area contributed by atoms with E-state index in [0.717, 1.165) is 5.56 Å². The van der Waals surface area contributed by atoms with Crippen molar-refractivity contribution in [2.45, 2.75) is 13.3 Å². The molecular formula is C14H18N2O5. The SMILES string of the molecule is CC(=O)N(O)CC(Cc1ccccc1)C(=O)NCC(=O)O. The maximum absolute atomic E-state index is 12.0. The Balaban J connectivity index is 2.76. The zero-order valence-corrected chi connectivity index (χ0v) is 11.7. The summed E-state index contributed by atoms with van der Waals surface area (Å²) in [4.78, 5) is 33.5. The number of nitrogens with one attached hydrogen (secondary N) is 1. The molecule has 1 atom stereocenters. The molecule has 2 amide bonds. The van der Waals surface area contributed by atoms with Crippen molar-refractivity contribution in [3.05, 3.63) is 35.9 Å². The number of hydrogen-bond donors (Lipinski definition) is 3. The average molecular weight is 294 g/mol. The van der Waals surface area contributed by atoms with Crippen molar-refractivity contribution in [2.75, 3.05) is 13.1 Å². The fourth-order valence-electron chi connectivity index (χ4n) is 1.78. The standard InChI is InChI=1S/C14H18N2O5/c1-10(17)16(21)9-12(14(20)15-8-13(18)19)7-11-5-3-2-4-6-11/h2-6,12,21H,7-9H2,1H3,(H,15,20)(H,18,19). The first-order valence-electron chi connectivity index (χ1n) is 6.40. The molecule has 0 saturated heterocycles. The predicted octanol–water partition coefficient (Wildman–Crippen LogP) is 0.284. The topological polar surface area (TPSA) is 107 Å². The monoisotopic (exact) mass is 294 g/mol. The lowest BCUT2D eigenvalue weighted by Gasteiger charge is -2.21. The first-order valence-corrected chi connectivity index (χ1v) is 6.40. The minimum atomic E-state index is -1.16. The number of carbonyl (C=O) groups excluding carboxylic acids is 2. The van der Waals surface area contributed by atoms with Gasteiger partial charge in [-0.3, -0.25) is 19.6 Å². The molecular weight excluding hydrogens is 276 g/mol. The Morgan fingerprint density at radius 2 is 1.86 bits per heavy atom. The van der Waals surface area contributed by atoms with Crippen LogP contribution in [0.2, 0.25) is 0 Å². The molecule has 1 aromatic carbocycles. The summed E-state index contributed by atoms with van der Waals surface area (Å²) in [6.45, 7) is 0.472. The molecule has 1 unspecified atom stereocenters. The van der Waals surface area contributed by atoms with E-state index in [-0.39, 0.29) is 13.0 Å². The number of benzene rings is 1. The molecule has 114 valence electrons. The van der Waals surface area contributed by atoms with Crippen LogP contribution in [-0.2, 0) is 20.8 Å². The highest BCUT2D eigenvalue weighted by Crippen LogP contribution is 2.10. The maximum atomic E-state index is 12.0. The third-order valence-electron chi connectivity index (χ3n) is 2.87. The van der Waals surface area contributed by atoms with Crippen LogP contribution < -0.4 is 5.32 Å². The van der Waals surface area contributed by atoms with Gasteiger partial charge in [0.25, 0.3) is 0 Å². The fraction of sp³-hybridized carbons (Fsp3) is 0.357. The Kier molecular flexibility index (Phi) is 6.35. The van der Waals surface area contributed by atoms with Gasteiger partial charge in [-0.2, -0.15) is 0 Å². The van der Waals surface area contributed by atoms with Crippen LogP contribution in [0.5, 0.6) is 0 Å². The van der Waals surface area contributed by atoms with Gasteiger partial charge < -0.3 is 10.4 Å². The first-order chi connectivity index (χ1) is 9.90. The van der Waals surface area contributed by atoms with Crippen molar-refractivity contribution in [3.63, 3.8) is 0 Å². The Bertz CT molecular complexity index is 503. The quantitative estimate of drug-likeness (QED) is 0.495. The van der Waals surface area contributed by atoms with E-state index < -0.39 is 30.2 Å². The van der Waals surface area contributed by atoms with Gasteiger partial charge in [-0.05, 0) is 12.0 Å². The largest absolute Gasteiger partial charge is 0.480 e. The molecule has 1 rings (SSSR count). The molecule has 0 heterocycles. The molecule has 0 saturated carbocycles. The van der Waals surface area contributed by atoms with Gasteiger partial charge in [0.2, 0.25) is 11.8 Å². The van der Waals surface area contributed by atoms with Crippen molar-refractivity contribution in [1.29, 1.82) is 0 Å². The first kappa shape index (κ1) is 16.6. The summed E-state index contributed by atoms with van der Waals surface area (Å²) in [6, 6.07) is 9.07. The summed E-state index contributed by atoms with van der Waals surface area (Å²) < 4.78 is 0. The van der Waals surface area contributed by atoms with Crippen LogP contribution in [0.1, 0.15) is 12.5 Å². The van der Waals surface area contributed by atoms with Gasteiger partial charge in [0.1, 0.15) is 6.54 Å². The predicted molar refractivity (Wildman–Crippen MR) is 73.5 cm³/mol. The number of carboxylic acid groups (broad SMARTS) is 1. The summed E-state index contributed by atoms with van der Waals surface area (Å²) >= 11 is 0. The number of rotatable bonds is 7. The van der Waals surface area contributed by atoms with E-state index in [1.54, 1.807) is 0 Å². The van der Waals surface area contributed by atoms with E-state index in [2.05, 4.69) is 5.32 Å². The zero-order valence-electron chi connectivity index (χ0n) is 11.7. The lowest BCUT2D eigenvalue weighted by atomic mass is 9.98. The number of carbonyl (C=O) groups is 3. The summed E-state index contributed by atoms with van der Waals surface area (Å²) in [5.41, 5.74) is 0.852. The van der Waals surface area contributed by atoms with Crippen molar-refractivity contribution in [3.8, 4) is 0 Å². The Morgan fingerprint density at radius 1 is 1.24 bits per heavy atom. The number of hydrogen-bond acceptors (Lipinski definition) is 4. The molecule has 0 fully saturated rings. The van der Waals surface area contributed by atoms with E-state index in [0.29, 0.717) is 5.06 Å². The van der Waals surface area contributed by atoms with E-state index in [4.69, 9.17) is 5.11 Å². The molecule has 0 aromatic heterocycles. The van der Waals surface area contributed by atoms with E-state index in [1.165, 1.54) is 6.92 Å². The number of amides is 2. The second-order valence-electron chi connectivity index (χ2n) is 4.60. The van der Waals surface area contributed by atoms with Gasteiger partial charge in [0, 0.05) is 6.92 Å². The summed E-state index contributed by atoms with van der Waals surface area (Å²) in [5, 5.41) is 20.8. The molecule has 0 aliphatic heterocycles. The molecule has 21 heavy (non-hydrogen) atoms. The highest BCUT2D eigenvalue weighted by molar-refractivity contribution is 5.83. The van der Waals surface area contributed by atoms with Crippen molar-refractivity contribution in [1.82, 2.24) is 10.4 Å². The average Bonchev–Trinajstić information content (AvgIpc) is 2.44. The van der Waals surface area contributed by atoms with Gasteiger partial charge in [-0.15, -0.1) is 0 Å². The molecule has 0 spiro atoms. The van der Waals surface area contributed by atoms with Crippen LogP contribution in [0, 0.1) is 5.92 Å². The van der Waals surface area contributed by atoms with Crippen LogP contribution in [0.4, 0.5) is 0 Å². The molecule has 3 N–H and O–H groups in total. The van der Waals surface area contributed by atoms with E-state index in [1.807, 2.05) is 30.3 Å². The van der Waals surface area contributed by atoms with Gasteiger partial charge >= 0.3 is 5.97 Å².